The highest BCUT2D eigenvalue weighted by molar-refractivity contribution is 6.31. The van der Waals surface area contributed by atoms with E-state index in [4.69, 9.17) is 16.3 Å². The van der Waals surface area contributed by atoms with Crippen molar-refractivity contribution in [2.45, 2.75) is 38.4 Å². The highest BCUT2D eigenvalue weighted by Crippen LogP contribution is 2.38. The molecule has 1 aromatic carbocycles. The van der Waals surface area contributed by atoms with Gasteiger partial charge in [0.25, 0.3) is 0 Å². The van der Waals surface area contributed by atoms with Gasteiger partial charge in [0.15, 0.2) is 0 Å². The van der Waals surface area contributed by atoms with Gasteiger partial charge in [-0.15, -0.1) is 0 Å². The molecule has 0 aromatic heterocycles. The van der Waals surface area contributed by atoms with Crippen molar-refractivity contribution >= 4 is 11.6 Å². The van der Waals surface area contributed by atoms with Crippen molar-refractivity contribution in [1.29, 1.82) is 0 Å². The van der Waals surface area contributed by atoms with Crippen molar-refractivity contribution in [1.82, 2.24) is 0 Å². The van der Waals surface area contributed by atoms with Crippen molar-refractivity contribution in [3.8, 4) is 0 Å². The van der Waals surface area contributed by atoms with Crippen LogP contribution in [0.25, 0.3) is 0 Å². The molecular weight excluding hydrogens is 255 g/mol. The Balaban J connectivity index is 1.89. The molecule has 0 heterocycles. The highest BCUT2D eigenvalue weighted by Gasteiger charge is 2.31. The van der Waals surface area contributed by atoms with E-state index in [-0.39, 0.29) is 5.82 Å². The van der Waals surface area contributed by atoms with Gasteiger partial charge in [-0.05, 0) is 50.3 Å². The first-order valence-electron chi connectivity index (χ1n) is 6.34. The van der Waals surface area contributed by atoms with Gasteiger partial charge in [0.05, 0.1) is 12.2 Å². The monoisotopic (exact) mass is 272 g/mol. The maximum atomic E-state index is 13.1. The van der Waals surface area contributed by atoms with Gasteiger partial charge < -0.3 is 9.84 Å². The first-order chi connectivity index (χ1) is 8.60. The SMILES string of the molecule is CCOC1CC(CC(O)c2cc(F)ccc2Cl)C1. The van der Waals surface area contributed by atoms with Crippen LogP contribution >= 0.6 is 11.6 Å². The van der Waals surface area contributed by atoms with Crippen molar-refractivity contribution in [3.63, 3.8) is 0 Å². The molecule has 0 amide bonds. The Bertz CT molecular complexity index is 405. The Morgan fingerprint density at radius 3 is 2.89 bits per heavy atom. The summed E-state index contributed by atoms with van der Waals surface area (Å²) >= 11 is 5.96. The molecule has 100 valence electrons. The molecule has 1 unspecified atom stereocenters. The van der Waals surface area contributed by atoms with Crippen LogP contribution in [0.4, 0.5) is 4.39 Å². The largest absolute Gasteiger partial charge is 0.388 e. The Morgan fingerprint density at radius 2 is 2.22 bits per heavy atom. The molecule has 1 atom stereocenters. The molecule has 1 fully saturated rings. The van der Waals surface area contributed by atoms with E-state index in [1.807, 2.05) is 6.92 Å². The second-order valence-electron chi connectivity index (χ2n) is 4.83. The molecule has 1 aliphatic carbocycles. The zero-order valence-electron chi connectivity index (χ0n) is 10.4. The van der Waals surface area contributed by atoms with Crippen molar-refractivity contribution in [3.05, 3.63) is 34.6 Å². The van der Waals surface area contributed by atoms with Crippen LogP contribution in [0.15, 0.2) is 18.2 Å². The summed E-state index contributed by atoms with van der Waals surface area (Å²) in [6.07, 6.45) is 2.19. The molecule has 0 bridgehead atoms. The summed E-state index contributed by atoms with van der Waals surface area (Å²) in [6.45, 7) is 2.71. The van der Waals surface area contributed by atoms with Crippen LogP contribution < -0.4 is 0 Å². The number of ether oxygens (including phenoxy) is 1. The van der Waals surface area contributed by atoms with E-state index in [0.29, 0.717) is 29.0 Å². The van der Waals surface area contributed by atoms with E-state index < -0.39 is 6.10 Å². The van der Waals surface area contributed by atoms with E-state index in [2.05, 4.69) is 0 Å². The second kappa shape index (κ2) is 6.00. The molecule has 0 spiro atoms. The summed E-state index contributed by atoms with van der Waals surface area (Å²) in [4.78, 5) is 0. The second-order valence-corrected chi connectivity index (χ2v) is 5.24. The van der Waals surface area contributed by atoms with E-state index in [9.17, 15) is 9.50 Å². The third-order valence-corrected chi connectivity index (χ3v) is 3.81. The summed E-state index contributed by atoms with van der Waals surface area (Å²) < 4.78 is 18.6. The fourth-order valence-electron chi connectivity index (χ4n) is 2.45. The van der Waals surface area contributed by atoms with Crippen molar-refractivity contribution in [2.75, 3.05) is 6.61 Å². The van der Waals surface area contributed by atoms with Gasteiger partial charge >= 0.3 is 0 Å². The van der Waals surface area contributed by atoms with Gasteiger partial charge in [-0.1, -0.05) is 11.6 Å². The predicted molar refractivity (Wildman–Crippen MR) is 69.1 cm³/mol. The quantitative estimate of drug-likeness (QED) is 0.885. The van der Waals surface area contributed by atoms with Gasteiger partial charge in [-0.3, -0.25) is 0 Å². The first-order valence-corrected chi connectivity index (χ1v) is 6.72. The van der Waals surface area contributed by atoms with Crippen LogP contribution in [0.2, 0.25) is 5.02 Å². The number of aliphatic hydroxyl groups is 1. The van der Waals surface area contributed by atoms with Crippen LogP contribution in [0.3, 0.4) is 0 Å². The molecule has 1 N–H and O–H groups in total. The Labute approximate surface area is 112 Å². The number of rotatable bonds is 5. The van der Waals surface area contributed by atoms with E-state index in [0.717, 1.165) is 19.4 Å². The average molecular weight is 273 g/mol. The topological polar surface area (TPSA) is 29.5 Å². The smallest absolute Gasteiger partial charge is 0.123 e. The summed E-state index contributed by atoms with van der Waals surface area (Å²) in [7, 11) is 0. The van der Waals surface area contributed by atoms with Crippen molar-refractivity contribution in [2.24, 2.45) is 5.92 Å². The highest BCUT2D eigenvalue weighted by atomic mass is 35.5. The lowest BCUT2D eigenvalue weighted by Crippen LogP contribution is -2.32. The Hall–Kier alpha value is -0.640. The third kappa shape index (κ3) is 3.22. The summed E-state index contributed by atoms with van der Waals surface area (Å²) in [5.74, 6) is 0.0742. The lowest BCUT2D eigenvalue weighted by molar-refractivity contribution is -0.0380. The summed E-state index contributed by atoms with van der Waals surface area (Å²) in [5, 5.41) is 10.5. The minimum Gasteiger partial charge on any atom is -0.388 e. The Morgan fingerprint density at radius 1 is 1.50 bits per heavy atom. The standard InChI is InChI=1S/C14H18ClFO2/c1-2-18-11-5-9(6-11)7-14(17)12-8-10(16)3-4-13(12)15/h3-4,8-9,11,14,17H,2,5-7H2,1H3. The molecule has 0 radical (unpaired) electrons. The van der Waals surface area contributed by atoms with Crippen LogP contribution in [0.1, 0.15) is 37.9 Å². The zero-order chi connectivity index (χ0) is 13.1. The molecule has 2 nitrogen and oxygen atoms in total. The summed E-state index contributed by atoms with van der Waals surface area (Å²) in [5.41, 5.74) is 0.483. The lowest BCUT2D eigenvalue weighted by atomic mass is 9.78. The fourth-order valence-corrected chi connectivity index (χ4v) is 2.69. The maximum absolute atomic E-state index is 13.1. The normalized spacial score (nSPS) is 24.7. The van der Waals surface area contributed by atoms with Gasteiger partial charge in [-0.25, -0.2) is 4.39 Å². The lowest BCUT2D eigenvalue weighted by Gasteiger charge is -2.36. The van der Waals surface area contributed by atoms with Gasteiger partial charge in [0, 0.05) is 17.2 Å². The van der Waals surface area contributed by atoms with E-state index >= 15 is 0 Å². The average Bonchev–Trinajstić information content (AvgIpc) is 2.29. The molecule has 1 saturated carbocycles. The maximum Gasteiger partial charge on any atom is 0.123 e. The van der Waals surface area contributed by atoms with Crippen molar-refractivity contribution < 1.29 is 14.2 Å². The minimum atomic E-state index is -0.694. The molecule has 18 heavy (non-hydrogen) atoms. The van der Waals surface area contributed by atoms with E-state index in [1.165, 1.54) is 18.2 Å². The molecular formula is C14H18ClFO2. The molecule has 1 aromatic rings. The van der Waals surface area contributed by atoms with E-state index in [1.54, 1.807) is 0 Å². The number of halogens is 2. The number of benzene rings is 1. The van der Waals surface area contributed by atoms with Crippen LogP contribution in [0, 0.1) is 11.7 Å². The molecule has 0 saturated heterocycles. The van der Waals surface area contributed by atoms with Gasteiger partial charge in [0.2, 0.25) is 0 Å². The summed E-state index contributed by atoms with van der Waals surface area (Å²) in [6, 6.07) is 4.10. The molecule has 1 aliphatic rings. The number of hydrogen-bond donors (Lipinski definition) is 1. The first kappa shape index (κ1) is 13.8. The fraction of sp³-hybridized carbons (Fsp3) is 0.571. The molecule has 0 aliphatic heterocycles. The number of aliphatic hydroxyl groups excluding tert-OH is 1. The van der Waals surface area contributed by atoms with Crippen LogP contribution in [-0.4, -0.2) is 17.8 Å². The minimum absolute atomic E-state index is 0.329. The zero-order valence-corrected chi connectivity index (χ0v) is 11.2. The van der Waals surface area contributed by atoms with Crippen LogP contribution in [0.5, 0.6) is 0 Å². The molecule has 4 heteroatoms. The third-order valence-electron chi connectivity index (χ3n) is 3.47. The van der Waals surface area contributed by atoms with Gasteiger partial charge in [0.1, 0.15) is 5.82 Å². The van der Waals surface area contributed by atoms with Crippen LogP contribution in [-0.2, 0) is 4.74 Å². The Kier molecular flexibility index (Phi) is 4.60. The molecule has 2 rings (SSSR count). The van der Waals surface area contributed by atoms with Gasteiger partial charge in [-0.2, -0.15) is 0 Å². The predicted octanol–water partition coefficient (Wildman–Crippen LogP) is 3.72. The number of hydrogen-bond acceptors (Lipinski definition) is 2.